The lowest BCUT2D eigenvalue weighted by atomic mass is 10.1. The molecule has 1 aliphatic heterocycles. The highest BCUT2D eigenvalue weighted by Gasteiger charge is 2.08. The van der Waals surface area contributed by atoms with Gasteiger partial charge in [0.25, 0.3) is 0 Å². The molecule has 0 radical (unpaired) electrons. The summed E-state index contributed by atoms with van der Waals surface area (Å²) in [6, 6.07) is 8.21. The molecule has 0 aromatic heterocycles. The molecule has 1 aliphatic rings. The molecule has 0 amide bonds. The van der Waals surface area contributed by atoms with Gasteiger partial charge in [0.05, 0.1) is 6.61 Å². The zero-order valence-electron chi connectivity index (χ0n) is 11.3. The van der Waals surface area contributed by atoms with Crippen molar-refractivity contribution in [1.82, 2.24) is 4.90 Å². The Morgan fingerprint density at radius 3 is 2.50 bits per heavy atom. The molecule has 1 aromatic rings. The van der Waals surface area contributed by atoms with E-state index in [1.165, 1.54) is 38.0 Å². The third-order valence-corrected chi connectivity index (χ3v) is 3.37. The Hall–Kier alpha value is -1.22. The van der Waals surface area contributed by atoms with Crippen LogP contribution in [-0.4, -0.2) is 37.7 Å². The van der Waals surface area contributed by atoms with Crippen molar-refractivity contribution in [2.45, 2.75) is 26.2 Å². The Balaban J connectivity index is 1.69. The lowest BCUT2D eigenvalue weighted by molar-refractivity contribution is 0.237. The van der Waals surface area contributed by atoms with Gasteiger partial charge >= 0.3 is 0 Å². The molecule has 1 saturated heterocycles. The van der Waals surface area contributed by atoms with Gasteiger partial charge in [0.1, 0.15) is 5.75 Å². The van der Waals surface area contributed by atoms with Crippen molar-refractivity contribution < 1.29 is 4.74 Å². The second-order valence-corrected chi connectivity index (χ2v) is 4.79. The molecule has 1 N–H and O–H groups in total. The summed E-state index contributed by atoms with van der Waals surface area (Å²) in [5, 5.41) is 3.46. The van der Waals surface area contributed by atoms with E-state index in [1.54, 1.807) is 0 Å². The first-order chi connectivity index (χ1) is 8.88. The maximum atomic E-state index is 5.42. The first-order valence-electron chi connectivity index (χ1n) is 7.07. The molecule has 3 nitrogen and oxygen atoms in total. The molecule has 0 spiro atoms. The lowest BCUT2D eigenvalue weighted by Gasteiger charge is -2.26. The molecule has 0 atom stereocenters. The fraction of sp³-hybridized carbons (Fsp3) is 0.600. The molecule has 1 fully saturated rings. The fourth-order valence-corrected chi connectivity index (χ4v) is 2.38. The van der Waals surface area contributed by atoms with Crippen molar-refractivity contribution in [2.75, 3.05) is 38.1 Å². The number of ether oxygens (including phenoxy) is 1. The molecular weight excluding hydrogens is 224 g/mol. The van der Waals surface area contributed by atoms with E-state index >= 15 is 0 Å². The predicted octanol–water partition coefficient (Wildman–Crippen LogP) is 2.98. The van der Waals surface area contributed by atoms with Gasteiger partial charge in [0.2, 0.25) is 0 Å². The molecule has 0 bridgehead atoms. The molecular formula is C15H24N2O. The smallest absolute Gasteiger partial charge is 0.119 e. The maximum Gasteiger partial charge on any atom is 0.119 e. The van der Waals surface area contributed by atoms with E-state index in [2.05, 4.69) is 22.3 Å². The Bertz CT molecular complexity index is 331. The molecule has 0 unspecified atom stereocenters. The molecule has 18 heavy (non-hydrogen) atoms. The average Bonchev–Trinajstić information content (AvgIpc) is 2.42. The van der Waals surface area contributed by atoms with Gasteiger partial charge in [-0.25, -0.2) is 0 Å². The van der Waals surface area contributed by atoms with E-state index in [0.29, 0.717) is 0 Å². The largest absolute Gasteiger partial charge is 0.494 e. The summed E-state index contributed by atoms with van der Waals surface area (Å²) < 4.78 is 5.42. The molecule has 1 aromatic carbocycles. The molecule has 0 aliphatic carbocycles. The van der Waals surface area contributed by atoms with Gasteiger partial charge in [0, 0.05) is 18.8 Å². The minimum absolute atomic E-state index is 0.724. The summed E-state index contributed by atoms with van der Waals surface area (Å²) in [5.41, 5.74) is 1.18. The highest BCUT2D eigenvalue weighted by molar-refractivity contribution is 5.46. The lowest BCUT2D eigenvalue weighted by Crippen LogP contribution is -2.33. The number of nitrogens with zero attached hydrogens (tertiary/aromatic N) is 1. The Labute approximate surface area is 110 Å². The van der Waals surface area contributed by atoms with Crippen molar-refractivity contribution in [1.29, 1.82) is 0 Å². The zero-order valence-corrected chi connectivity index (χ0v) is 11.3. The topological polar surface area (TPSA) is 24.5 Å². The average molecular weight is 248 g/mol. The summed E-state index contributed by atoms with van der Waals surface area (Å²) in [6.07, 6.45) is 4.13. The van der Waals surface area contributed by atoms with E-state index in [4.69, 9.17) is 4.74 Å². The van der Waals surface area contributed by atoms with Crippen molar-refractivity contribution >= 4 is 5.69 Å². The van der Waals surface area contributed by atoms with Crippen LogP contribution in [0.5, 0.6) is 5.75 Å². The first-order valence-corrected chi connectivity index (χ1v) is 7.07. The van der Waals surface area contributed by atoms with Crippen LogP contribution in [0.25, 0.3) is 0 Å². The van der Waals surface area contributed by atoms with Crippen molar-refractivity contribution in [3.05, 3.63) is 24.3 Å². The summed E-state index contributed by atoms with van der Waals surface area (Å²) >= 11 is 0. The number of piperidine rings is 1. The van der Waals surface area contributed by atoms with Gasteiger partial charge in [-0.15, -0.1) is 0 Å². The van der Waals surface area contributed by atoms with Crippen LogP contribution in [0.3, 0.4) is 0 Å². The second kappa shape index (κ2) is 7.27. The van der Waals surface area contributed by atoms with Crippen LogP contribution in [0.4, 0.5) is 5.69 Å². The summed E-state index contributed by atoms with van der Waals surface area (Å²) in [4.78, 5) is 2.55. The van der Waals surface area contributed by atoms with Crippen LogP contribution < -0.4 is 10.1 Å². The number of rotatable bonds is 6. The van der Waals surface area contributed by atoms with Gasteiger partial charge in [-0.2, -0.15) is 0 Å². The highest BCUT2D eigenvalue weighted by atomic mass is 16.5. The van der Waals surface area contributed by atoms with Crippen molar-refractivity contribution in [2.24, 2.45) is 0 Å². The summed E-state index contributed by atoms with van der Waals surface area (Å²) in [5.74, 6) is 0.944. The van der Waals surface area contributed by atoms with E-state index in [-0.39, 0.29) is 0 Å². The van der Waals surface area contributed by atoms with Crippen LogP contribution in [-0.2, 0) is 0 Å². The van der Waals surface area contributed by atoms with E-state index in [9.17, 15) is 0 Å². The van der Waals surface area contributed by atoms with Gasteiger partial charge in [0.15, 0.2) is 0 Å². The van der Waals surface area contributed by atoms with Crippen LogP contribution in [0.15, 0.2) is 24.3 Å². The number of hydrogen-bond donors (Lipinski definition) is 1. The minimum atomic E-state index is 0.724. The number of likely N-dealkylation sites (tertiary alicyclic amines) is 1. The molecule has 100 valence electrons. The zero-order chi connectivity index (χ0) is 12.6. The summed E-state index contributed by atoms with van der Waals surface area (Å²) in [7, 11) is 0. The fourth-order valence-electron chi connectivity index (χ4n) is 2.38. The van der Waals surface area contributed by atoms with Crippen LogP contribution in [0, 0.1) is 0 Å². The molecule has 2 rings (SSSR count). The van der Waals surface area contributed by atoms with Crippen LogP contribution >= 0.6 is 0 Å². The van der Waals surface area contributed by atoms with Gasteiger partial charge in [-0.05, 0) is 57.1 Å². The number of nitrogens with one attached hydrogen (secondary N) is 1. The Kier molecular flexibility index (Phi) is 5.34. The quantitative estimate of drug-likeness (QED) is 0.837. The third-order valence-electron chi connectivity index (χ3n) is 3.37. The SMILES string of the molecule is CCOc1ccc(NCCN2CCCCC2)cc1. The standard InChI is InChI=1S/C15H24N2O/c1-2-18-15-8-6-14(7-9-15)16-10-13-17-11-4-3-5-12-17/h6-9,16H,2-5,10-13H2,1H3. The molecule has 3 heteroatoms. The van der Waals surface area contributed by atoms with E-state index in [0.717, 1.165) is 25.4 Å². The second-order valence-electron chi connectivity index (χ2n) is 4.79. The first kappa shape index (κ1) is 13.2. The number of anilines is 1. The monoisotopic (exact) mass is 248 g/mol. The molecule has 1 heterocycles. The molecule has 0 saturated carbocycles. The summed E-state index contributed by atoms with van der Waals surface area (Å²) in [6.45, 7) is 7.43. The normalized spacial score (nSPS) is 16.5. The van der Waals surface area contributed by atoms with Crippen molar-refractivity contribution in [3.8, 4) is 5.75 Å². The van der Waals surface area contributed by atoms with Gasteiger partial charge in [-0.3, -0.25) is 0 Å². The van der Waals surface area contributed by atoms with Crippen LogP contribution in [0.1, 0.15) is 26.2 Å². The highest BCUT2D eigenvalue weighted by Crippen LogP contribution is 2.15. The van der Waals surface area contributed by atoms with E-state index in [1.807, 2.05) is 19.1 Å². The number of benzene rings is 1. The Morgan fingerprint density at radius 1 is 1.11 bits per heavy atom. The third kappa shape index (κ3) is 4.22. The maximum absolute atomic E-state index is 5.42. The van der Waals surface area contributed by atoms with E-state index < -0.39 is 0 Å². The van der Waals surface area contributed by atoms with Crippen molar-refractivity contribution in [3.63, 3.8) is 0 Å². The Morgan fingerprint density at radius 2 is 1.83 bits per heavy atom. The van der Waals surface area contributed by atoms with Crippen LogP contribution in [0.2, 0.25) is 0 Å². The minimum Gasteiger partial charge on any atom is -0.494 e. The predicted molar refractivity (Wildman–Crippen MR) is 76.4 cm³/mol. The van der Waals surface area contributed by atoms with Gasteiger partial charge in [-0.1, -0.05) is 6.42 Å². The van der Waals surface area contributed by atoms with Gasteiger partial charge < -0.3 is 15.0 Å². The number of hydrogen-bond acceptors (Lipinski definition) is 3.